The molecule has 5 nitrogen and oxygen atoms in total. The molecule has 0 aromatic carbocycles. The minimum Gasteiger partial charge on any atom is -0.465 e. The third kappa shape index (κ3) is 3.36. The van der Waals surface area contributed by atoms with E-state index >= 15 is 0 Å². The molecule has 0 aliphatic rings. The van der Waals surface area contributed by atoms with Crippen molar-refractivity contribution >= 4 is 23.4 Å². The monoisotopic (exact) mass is 230 g/mol. The van der Waals surface area contributed by atoms with E-state index in [2.05, 4.69) is 5.10 Å². The van der Waals surface area contributed by atoms with Crippen molar-refractivity contribution in [3.05, 3.63) is 18.0 Å². The molecule has 15 heavy (non-hydrogen) atoms. The van der Waals surface area contributed by atoms with Crippen LogP contribution < -0.4 is 0 Å². The van der Waals surface area contributed by atoms with Crippen molar-refractivity contribution in [2.45, 2.75) is 13.5 Å². The number of ether oxygens (including phenoxy) is 1. The normalized spacial score (nSPS) is 10.0. The van der Waals surface area contributed by atoms with Gasteiger partial charge in [-0.25, -0.2) is 0 Å². The van der Waals surface area contributed by atoms with Crippen LogP contribution in [0.5, 0.6) is 0 Å². The number of nitrogens with zero attached hydrogens (tertiary/aromatic N) is 2. The number of carbonyl (C=O) groups is 2. The summed E-state index contributed by atoms with van der Waals surface area (Å²) in [5.74, 6) is -0.692. The third-order valence-corrected chi connectivity index (χ3v) is 1.92. The molecule has 0 fully saturated rings. The van der Waals surface area contributed by atoms with E-state index in [4.69, 9.17) is 16.3 Å². The number of halogens is 1. The van der Waals surface area contributed by atoms with Crippen molar-refractivity contribution in [2.75, 3.05) is 12.5 Å². The van der Waals surface area contributed by atoms with Crippen LogP contribution in [0.25, 0.3) is 0 Å². The number of carbonyl (C=O) groups excluding carboxylic acids is 2. The van der Waals surface area contributed by atoms with Gasteiger partial charge in [0.2, 0.25) is 0 Å². The maximum atomic E-state index is 11.1. The van der Waals surface area contributed by atoms with Gasteiger partial charge in [0.25, 0.3) is 0 Å². The molecular formula is C9H11ClN2O3. The summed E-state index contributed by atoms with van der Waals surface area (Å²) in [5.41, 5.74) is 0.397. The van der Waals surface area contributed by atoms with Crippen molar-refractivity contribution < 1.29 is 14.3 Å². The molecule has 6 heteroatoms. The van der Waals surface area contributed by atoms with Crippen LogP contribution >= 0.6 is 11.6 Å². The Morgan fingerprint density at radius 1 is 1.60 bits per heavy atom. The smallest absolute Gasteiger partial charge is 0.327 e. The van der Waals surface area contributed by atoms with Gasteiger partial charge in [-0.05, 0) is 6.92 Å². The minimum atomic E-state index is -0.384. The molecule has 0 saturated heterocycles. The van der Waals surface area contributed by atoms with E-state index in [0.29, 0.717) is 12.2 Å². The lowest BCUT2D eigenvalue weighted by Gasteiger charge is -2.00. The Hall–Kier alpha value is -1.36. The van der Waals surface area contributed by atoms with Gasteiger partial charge in [0.15, 0.2) is 5.78 Å². The van der Waals surface area contributed by atoms with Crippen LogP contribution in [0.2, 0.25) is 0 Å². The Bertz CT molecular complexity index is 362. The largest absolute Gasteiger partial charge is 0.465 e. The molecule has 0 bridgehead atoms. The lowest BCUT2D eigenvalue weighted by atomic mass is 10.3. The minimum absolute atomic E-state index is 0.00338. The summed E-state index contributed by atoms with van der Waals surface area (Å²) < 4.78 is 6.08. The molecule has 1 aromatic heterocycles. The highest BCUT2D eigenvalue weighted by Crippen LogP contribution is 2.01. The quantitative estimate of drug-likeness (QED) is 0.428. The Balaban J connectivity index is 2.60. The van der Waals surface area contributed by atoms with Crippen molar-refractivity contribution in [1.82, 2.24) is 9.78 Å². The maximum absolute atomic E-state index is 11.1. The predicted molar refractivity (Wildman–Crippen MR) is 53.9 cm³/mol. The molecule has 1 aromatic rings. The first kappa shape index (κ1) is 11.7. The van der Waals surface area contributed by atoms with Gasteiger partial charge in [0.05, 0.1) is 24.2 Å². The van der Waals surface area contributed by atoms with Crippen LogP contribution in [0, 0.1) is 0 Å². The first-order chi connectivity index (χ1) is 7.17. The highest BCUT2D eigenvalue weighted by atomic mass is 35.5. The second-order valence-electron chi connectivity index (χ2n) is 2.79. The standard InChI is InChI=1S/C9H11ClN2O3/c1-2-15-9(14)6-12-5-7(4-11-12)8(13)3-10/h4-5H,2-3,6H2,1H3. The Labute approximate surface area is 92.0 Å². The van der Waals surface area contributed by atoms with Gasteiger partial charge in [0.1, 0.15) is 6.54 Å². The Morgan fingerprint density at radius 2 is 2.33 bits per heavy atom. The zero-order valence-corrected chi connectivity index (χ0v) is 9.03. The summed E-state index contributed by atoms with van der Waals surface area (Å²) in [4.78, 5) is 22.2. The molecule has 0 radical (unpaired) electrons. The summed E-state index contributed by atoms with van der Waals surface area (Å²) in [6, 6.07) is 0. The number of esters is 1. The molecule has 1 rings (SSSR count). The molecule has 0 aliphatic heterocycles. The van der Waals surface area contributed by atoms with Gasteiger partial charge in [-0.2, -0.15) is 5.10 Å². The average Bonchev–Trinajstić information content (AvgIpc) is 2.65. The third-order valence-electron chi connectivity index (χ3n) is 1.67. The average molecular weight is 231 g/mol. The number of ketones is 1. The van der Waals surface area contributed by atoms with Gasteiger partial charge < -0.3 is 4.74 Å². The first-order valence-corrected chi connectivity index (χ1v) is 4.98. The molecule has 0 amide bonds. The summed E-state index contributed by atoms with van der Waals surface area (Å²) >= 11 is 5.37. The zero-order chi connectivity index (χ0) is 11.3. The summed E-state index contributed by atoms with van der Waals surface area (Å²) in [5, 5.41) is 3.84. The molecule has 0 N–H and O–H groups in total. The first-order valence-electron chi connectivity index (χ1n) is 4.44. The molecule has 1 heterocycles. The van der Waals surface area contributed by atoms with Gasteiger partial charge >= 0.3 is 5.97 Å². The van der Waals surface area contributed by atoms with E-state index in [1.54, 1.807) is 6.92 Å². The number of hydrogen-bond donors (Lipinski definition) is 0. The molecule has 0 unspecified atom stereocenters. The maximum Gasteiger partial charge on any atom is 0.327 e. The lowest BCUT2D eigenvalue weighted by molar-refractivity contribution is -0.144. The lowest BCUT2D eigenvalue weighted by Crippen LogP contribution is -2.13. The second kappa shape index (κ2) is 5.50. The van der Waals surface area contributed by atoms with E-state index in [9.17, 15) is 9.59 Å². The highest BCUT2D eigenvalue weighted by Gasteiger charge is 2.09. The van der Waals surface area contributed by atoms with Crippen LogP contribution in [-0.4, -0.2) is 34.0 Å². The number of hydrogen-bond acceptors (Lipinski definition) is 4. The Morgan fingerprint density at radius 3 is 2.93 bits per heavy atom. The van der Waals surface area contributed by atoms with Crippen molar-refractivity contribution in [3.8, 4) is 0 Å². The van der Waals surface area contributed by atoms with Crippen molar-refractivity contribution in [3.63, 3.8) is 0 Å². The molecule has 82 valence electrons. The molecule has 0 spiro atoms. The fraction of sp³-hybridized carbons (Fsp3) is 0.444. The topological polar surface area (TPSA) is 61.2 Å². The van der Waals surface area contributed by atoms with E-state index in [0.717, 1.165) is 0 Å². The predicted octanol–water partition coefficient (Wildman–Crippen LogP) is 0.868. The fourth-order valence-corrected chi connectivity index (χ4v) is 1.16. The van der Waals surface area contributed by atoms with Crippen LogP contribution in [0.1, 0.15) is 17.3 Å². The van der Waals surface area contributed by atoms with Crippen molar-refractivity contribution in [1.29, 1.82) is 0 Å². The number of aromatic nitrogens is 2. The van der Waals surface area contributed by atoms with Crippen LogP contribution in [0.4, 0.5) is 0 Å². The van der Waals surface area contributed by atoms with Crippen LogP contribution in [0.3, 0.4) is 0 Å². The SMILES string of the molecule is CCOC(=O)Cn1cc(C(=O)CCl)cn1. The number of rotatable bonds is 5. The zero-order valence-electron chi connectivity index (χ0n) is 8.27. The molecule has 0 aliphatic carbocycles. The molecular weight excluding hydrogens is 220 g/mol. The van der Waals surface area contributed by atoms with Crippen LogP contribution in [-0.2, 0) is 16.1 Å². The van der Waals surface area contributed by atoms with Crippen molar-refractivity contribution in [2.24, 2.45) is 0 Å². The number of alkyl halides is 1. The van der Waals surface area contributed by atoms with E-state index in [1.165, 1.54) is 17.1 Å². The van der Waals surface area contributed by atoms with E-state index < -0.39 is 0 Å². The highest BCUT2D eigenvalue weighted by molar-refractivity contribution is 6.30. The summed E-state index contributed by atoms with van der Waals surface area (Å²) in [6.45, 7) is 2.06. The van der Waals surface area contributed by atoms with Gasteiger partial charge in [-0.15, -0.1) is 11.6 Å². The second-order valence-corrected chi connectivity index (χ2v) is 3.06. The van der Waals surface area contributed by atoms with E-state index in [-0.39, 0.29) is 24.2 Å². The van der Waals surface area contributed by atoms with Gasteiger partial charge in [0, 0.05) is 6.20 Å². The molecule has 0 saturated carbocycles. The summed E-state index contributed by atoms with van der Waals surface area (Å²) in [7, 11) is 0. The van der Waals surface area contributed by atoms with Crippen LogP contribution in [0.15, 0.2) is 12.4 Å². The number of Topliss-reactive ketones (excluding diaryl/α,β-unsaturated/α-hetero) is 1. The Kier molecular flexibility index (Phi) is 4.30. The van der Waals surface area contributed by atoms with Gasteiger partial charge in [-0.3, -0.25) is 14.3 Å². The molecule has 0 atom stereocenters. The summed E-state index contributed by atoms with van der Waals surface area (Å²) in [6.07, 6.45) is 2.85. The van der Waals surface area contributed by atoms with Gasteiger partial charge in [-0.1, -0.05) is 0 Å². The fourth-order valence-electron chi connectivity index (χ4n) is 1.01. The van der Waals surface area contributed by atoms with E-state index in [1.807, 2.05) is 0 Å².